The molecule has 0 N–H and O–H groups in total. The largest absolute Gasteiger partial charge is 0.223 e. The molecular formula is C12H9NO2S. The van der Waals surface area contributed by atoms with Gasteiger partial charge in [0.25, 0.3) is 0 Å². The van der Waals surface area contributed by atoms with E-state index in [4.69, 9.17) is 5.26 Å². The second-order valence-corrected chi connectivity index (χ2v) is 5.42. The number of rotatable bonds is 2. The standard InChI is InChI=1S/C12H9NO2S/c13-7-8-16(14,15)12-6-5-10-3-1-2-4-11(10)9-12/h1-6,9H,8H2. The Morgan fingerprint density at radius 3 is 2.44 bits per heavy atom. The predicted molar refractivity (Wildman–Crippen MR) is 61.6 cm³/mol. The number of nitrogens with zero attached hydrogens (tertiary/aromatic N) is 1. The highest BCUT2D eigenvalue weighted by molar-refractivity contribution is 7.91. The van der Waals surface area contributed by atoms with Crippen LogP contribution in [0.4, 0.5) is 0 Å². The predicted octanol–water partition coefficient (Wildman–Crippen LogP) is 2.14. The van der Waals surface area contributed by atoms with Gasteiger partial charge in [0.1, 0.15) is 5.75 Å². The van der Waals surface area contributed by atoms with Crippen LogP contribution in [0.2, 0.25) is 0 Å². The number of benzene rings is 2. The van der Waals surface area contributed by atoms with Gasteiger partial charge in [-0.2, -0.15) is 5.26 Å². The van der Waals surface area contributed by atoms with Crippen molar-refractivity contribution in [2.75, 3.05) is 5.75 Å². The molecule has 0 aliphatic rings. The van der Waals surface area contributed by atoms with E-state index in [2.05, 4.69) is 0 Å². The van der Waals surface area contributed by atoms with Crippen LogP contribution in [-0.2, 0) is 9.84 Å². The van der Waals surface area contributed by atoms with Crippen molar-refractivity contribution >= 4 is 20.6 Å². The third-order valence-electron chi connectivity index (χ3n) is 2.33. The highest BCUT2D eigenvalue weighted by atomic mass is 32.2. The normalized spacial score (nSPS) is 11.2. The average molecular weight is 231 g/mol. The molecule has 0 saturated carbocycles. The van der Waals surface area contributed by atoms with Crippen LogP contribution < -0.4 is 0 Å². The number of hydrogen-bond donors (Lipinski definition) is 0. The van der Waals surface area contributed by atoms with E-state index in [-0.39, 0.29) is 4.90 Å². The Morgan fingerprint density at radius 2 is 1.75 bits per heavy atom. The van der Waals surface area contributed by atoms with Crippen LogP contribution in [0.3, 0.4) is 0 Å². The molecule has 2 rings (SSSR count). The Balaban J connectivity index is 2.61. The average Bonchev–Trinajstić information content (AvgIpc) is 2.28. The first-order valence-corrected chi connectivity index (χ1v) is 6.37. The van der Waals surface area contributed by atoms with E-state index < -0.39 is 15.6 Å². The smallest absolute Gasteiger partial charge is 0.191 e. The number of sulfone groups is 1. The molecule has 0 bridgehead atoms. The van der Waals surface area contributed by atoms with Gasteiger partial charge in [-0.3, -0.25) is 0 Å². The molecule has 0 unspecified atom stereocenters. The van der Waals surface area contributed by atoms with Crippen molar-refractivity contribution in [3.05, 3.63) is 42.5 Å². The molecule has 2 aromatic rings. The fourth-order valence-corrected chi connectivity index (χ4v) is 2.45. The van der Waals surface area contributed by atoms with Crippen LogP contribution in [0.25, 0.3) is 10.8 Å². The van der Waals surface area contributed by atoms with Gasteiger partial charge < -0.3 is 0 Å². The van der Waals surface area contributed by atoms with Gasteiger partial charge in [-0.05, 0) is 22.9 Å². The minimum Gasteiger partial charge on any atom is -0.223 e. The maximum atomic E-state index is 11.7. The van der Waals surface area contributed by atoms with E-state index in [0.717, 1.165) is 10.8 Å². The summed E-state index contributed by atoms with van der Waals surface area (Å²) in [5.41, 5.74) is 0. The van der Waals surface area contributed by atoms with Crippen molar-refractivity contribution in [2.45, 2.75) is 4.90 Å². The van der Waals surface area contributed by atoms with Crippen molar-refractivity contribution in [1.82, 2.24) is 0 Å². The summed E-state index contributed by atoms with van der Waals surface area (Å²) >= 11 is 0. The lowest BCUT2D eigenvalue weighted by atomic mass is 10.1. The molecule has 0 heterocycles. The van der Waals surface area contributed by atoms with Gasteiger partial charge in [-0.15, -0.1) is 0 Å². The Morgan fingerprint density at radius 1 is 1.06 bits per heavy atom. The summed E-state index contributed by atoms with van der Waals surface area (Å²) in [7, 11) is -3.46. The van der Waals surface area contributed by atoms with E-state index in [1.54, 1.807) is 18.2 Å². The second-order valence-electron chi connectivity index (χ2n) is 3.43. The summed E-state index contributed by atoms with van der Waals surface area (Å²) < 4.78 is 23.3. The molecule has 0 aliphatic heterocycles. The third kappa shape index (κ3) is 1.90. The van der Waals surface area contributed by atoms with Gasteiger partial charge in [0.15, 0.2) is 9.84 Å². The molecule has 3 nitrogen and oxygen atoms in total. The van der Waals surface area contributed by atoms with Crippen molar-refractivity contribution in [1.29, 1.82) is 5.26 Å². The molecule has 0 saturated heterocycles. The number of fused-ring (bicyclic) bond motifs is 1. The lowest BCUT2D eigenvalue weighted by molar-refractivity contribution is 0.599. The Bertz CT molecular complexity index is 669. The van der Waals surface area contributed by atoms with Crippen molar-refractivity contribution in [3.8, 4) is 6.07 Å². The molecule has 0 atom stereocenters. The maximum Gasteiger partial charge on any atom is 0.191 e. The van der Waals surface area contributed by atoms with Gasteiger partial charge in [-0.1, -0.05) is 30.3 Å². The zero-order chi connectivity index (χ0) is 11.6. The van der Waals surface area contributed by atoms with E-state index in [1.165, 1.54) is 6.07 Å². The van der Waals surface area contributed by atoms with Gasteiger partial charge >= 0.3 is 0 Å². The van der Waals surface area contributed by atoms with Crippen LogP contribution in [0.5, 0.6) is 0 Å². The summed E-state index contributed by atoms with van der Waals surface area (Å²) in [4.78, 5) is 0.202. The van der Waals surface area contributed by atoms with E-state index in [1.807, 2.05) is 24.3 Å². The van der Waals surface area contributed by atoms with Gasteiger partial charge in [0, 0.05) is 0 Å². The first-order valence-electron chi connectivity index (χ1n) is 4.72. The molecule has 0 aromatic heterocycles. The van der Waals surface area contributed by atoms with Crippen molar-refractivity contribution < 1.29 is 8.42 Å². The van der Waals surface area contributed by atoms with E-state index in [0.29, 0.717) is 0 Å². The van der Waals surface area contributed by atoms with Crippen LogP contribution in [-0.4, -0.2) is 14.2 Å². The van der Waals surface area contributed by atoms with Gasteiger partial charge in [0.05, 0.1) is 11.0 Å². The monoisotopic (exact) mass is 231 g/mol. The summed E-state index contributed by atoms with van der Waals surface area (Å²) in [6.07, 6.45) is 0. The van der Waals surface area contributed by atoms with Crippen LogP contribution in [0.15, 0.2) is 47.4 Å². The molecule has 2 aromatic carbocycles. The molecule has 16 heavy (non-hydrogen) atoms. The first kappa shape index (κ1) is 10.7. The Labute approximate surface area is 93.9 Å². The summed E-state index contributed by atoms with van der Waals surface area (Å²) in [5.74, 6) is -0.481. The molecule has 80 valence electrons. The lowest BCUT2D eigenvalue weighted by Gasteiger charge is -2.02. The zero-order valence-electron chi connectivity index (χ0n) is 8.42. The van der Waals surface area contributed by atoms with E-state index in [9.17, 15) is 8.42 Å². The summed E-state index contributed by atoms with van der Waals surface area (Å²) in [6.45, 7) is 0. The molecule has 0 fully saturated rings. The fourth-order valence-electron chi connectivity index (χ4n) is 1.53. The maximum absolute atomic E-state index is 11.7. The lowest BCUT2D eigenvalue weighted by Crippen LogP contribution is -2.04. The zero-order valence-corrected chi connectivity index (χ0v) is 9.24. The van der Waals surface area contributed by atoms with Crippen LogP contribution in [0.1, 0.15) is 0 Å². The van der Waals surface area contributed by atoms with Crippen LogP contribution >= 0.6 is 0 Å². The first-order chi connectivity index (χ1) is 7.63. The Kier molecular flexibility index (Phi) is 2.63. The summed E-state index contributed by atoms with van der Waals surface area (Å²) in [5, 5.41) is 10.3. The highest BCUT2D eigenvalue weighted by Gasteiger charge is 2.13. The number of hydrogen-bond acceptors (Lipinski definition) is 3. The number of nitriles is 1. The molecular weight excluding hydrogens is 222 g/mol. The van der Waals surface area contributed by atoms with Gasteiger partial charge in [-0.25, -0.2) is 8.42 Å². The second kappa shape index (κ2) is 3.95. The van der Waals surface area contributed by atoms with E-state index >= 15 is 0 Å². The molecule has 0 spiro atoms. The topological polar surface area (TPSA) is 57.9 Å². The minimum atomic E-state index is -3.46. The quantitative estimate of drug-likeness (QED) is 0.795. The molecule has 4 heteroatoms. The Hall–Kier alpha value is -1.86. The summed E-state index contributed by atoms with van der Waals surface area (Å²) in [6, 6.07) is 14.1. The SMILES string of the molecule is N#CCS(=O)(=O)c1ccc2ccccc2c1. The van der Waals surface area contributed by atoms with Crippen LogP contribution in [0, 0.1) is 11.3 Å². The minimum absolute atomic E-state index is 0.202. The fraction of sp³-hybridized carbons (Fsp3) is 0.0833. The molecule has 0 amide bonds. The van der Waals surface area contributed by atoms with Crippen molar-refractivity contribution in [3.63, 3.8) is 0 Å². The van der Waals surface area contributed by atoms with Crippen molar-refractivity contribution in [2.24, 2.45) is 0 Å². The molecule has 0 radical (unpaired) electrons. The molecule has 0 aliphatic carbocycles. The third-order valence-corrected chi connectivity index (χ3v) is 3.82. The van der Waals surface area contributed by atoms with Gasteiger partial charge in [0.2, 0.25) is 0 Å². The highest BCUT2D eigenvalue weighted by Crippen LogP contribution is 2.19.